The van der Waals surface area contributed by atoms with Crippen LogP contribution < -0.4 is 16.4 Å². The summed E-state index contributed by atoms with van der Waals surface area (Å²) in [5.74, 6) is 0.174. The van der Waals surface area contributed by atoms with Crippen LogP contribution in [0.15, 0.2) is 23.2 Å². The van der Waals surface area contributed by atoms with Crippen molar-refractivity contribution in [3.8, 4) is 0 Å². The lowest BCUT2D eigenvalue weighted by molar-refractivity contribution is -0.128. The SMILES string of the molecule is CNC(=O)C(C)(C)CN=C(N)NC(C)c1ccc(Cl)cc1Cl. The molecule has 0 aliphatic rings. The molecule has 0 fully saturated rings. The summed E-state index contributed by atoms with van der Waals surface area (Å²) in [5.41, 5.74) is 6.13. The summed E-state index contributed by atoms with van der Waals surface area (Å²) >= 11 is 12.0. The minimum absolute atomic E-state index is 0.0853. The fraction of sp³-hybridized carbons (Fsp3) is 0.467. The fourth-order valence-electron chi connectivity index (χ4n) is 1.89. The summed E-state index contributed by atoms with van der Waals surface area (Å²) in [4.78, 5) is 15.9. The lowest BCUT2D eigenvalue weighted by atomic mass is 9.93. The molecule has 7 heteroatoms. The Balaban J connectivity index is 2.73. The van der Waals surface area contributed by atoms with E-state index in [2.05, 4.69) is 15.6 Å². The van der Waals surface area contributed by atoms with Gasteiger partial charge in [-0.1, -0.05) is 29.3 Å². The third-order valence-electron chi connectivity index (χ3n) is 3.28. The number of hydrogen-bond donors (Lipinski definition) is 3. The van der Waals surface area contributed by atoms with Gasteiger partial charge in [-0.05, 0) is 38.5 Å². The Morgan fingerprint density at radius 1 is 1.41 bits per heavy atom. The Hall–Kier alpha value is -1.46. The predicted octanol–water partition coefficient (Wildman–Crippen LogP) is 2.73. The first kappa shape index (κ1) is 18.6. The van der Waals surface area contributed by atoms with E-state index >= 15 is 0 Å². The highest BCUT2D eigenvalue weighted by molar-refractivity contribution is 6.35. The van der Waals surface area contributed by atoms with Crippen molar-refractivity contribution in [1.82, 2.24) is 10.6 Å². The average Bonchev–Trinajstić information content (AvgIpc) is 2.44. The first-order valence-electron chi connectivity index (χ1n) is 6.91. The third kappa shape index (κ3) is 5.07. The van der Waals surface area contributed by atoms with Gasteiger partial charge in [0.1, 0.15) is 0 Å². The van der Waals surface area contributed by atoms with E-state index in [4.69, 9.17) is 28.9 Å². The van der Waals surface area contributed by atoms with E-state index in [1.807, 2.05) is 26.8 Å². The van der Waals surface area contributed by atoms with Gasteiger partial charge in [-0.15, -0.1) is 0 Å². The molecule has 0 radical (unpaired) electrons. The number of aliphatic imine (C=N–C) groups is 1. The first-order chi connectivity index (χ1) is 10.2. The van der Waals surface area contributed by atoms with E-state index in [0.717, 1.165) is 5.56 Å². The molecule has 1 unspecified atom stereocenters. The maximum Gasteiger partial charge on any atom is 0.227 e. The molecule has 0 bridgehead atoms. The van der Waals surface area contributed by atoms with Crippen LogP contribution in [0.5, 0.6) is 0 Å². The largest absolute Gasteiger partial charge is 0.370 e. The monoisotopic (exact) mass is 344 g/mol. The van der Waals surface area contributed by atoms with Gasteiger partial charge in [0, 0.05) is 17.1 Å². The van der Waals surface area contributed by atoms with E-state index < -0.39 is 5.41 Å². The molecule has 1 atom stereocenters. The van der Waals surface area contributed by atoms with Gasteiger partial charge in [0.2, 0.25) is 5.91 Å². The standard InChI is InChI=1S/C15H22Cl2N4O/c1-9(11-6-5-10(16)7-12(11)17)21-14(18)20-8-15(2,3)13(22)19-4/h5-7,9H,8H2,1-4H3,(H,19,22)(H3,18,20,21). The molecule has 1 amide bonds. The van der Waals surface area contributed by atoms with Gasteiger partial charge in [-0.2, -0.15) is 0 Å². The van der Waals surface area contributed by atoms with Crippen LogP contribution in [0.1, 0.15) is 32.4 Å². The second kappa shape index (κ2) is 7.70. The molecule has 5 nitrogen and oxygen atoms in total. The number of amides is 1. The van der Waals surface area contributed by atoms with Gasteiger partial charge < -0.3 is 16.4 Å². The van der Waals surface area contributed by atoms with E-state index in [-0.39, 0.29) is 24.5 Å². The number of carbonyl (C=O) groups excluding carboxylic acids is 1. The highest BCUT2D eigenvalue weighted by Crippen LogP contribution is 2.26. The van der Waals surface area contributed by atoms with Crippen molar-refractivity contribution in [2.45, 2.75) is 26.8 Å². The molecular formula is C15H22Cl2N4O. The molecule has 0 aromatic heterocycles. The average molecular weight is 345 g/mol. The smallest absolute Gasteiger partial charge is 0.227 e. The minimum Gasteiger partial charge on any atom is -0.370 e. The predicted molar refractivity (Wildman–Crippen MR) is 92.3 cm³/mol. The normalized spacial score (nSPS) is 13.6. The highest BCUT2D eigenvalue weighted by atomic mass is 35.5. The van der Waals surface area contributed by atoms with Crippen LogP contribution in [-0.4, -0.2) is 25.5 Å². The topological polar surface area (TPSA) is 79.5 Å². The summed E-state index contributed by atoms with van der Waals surface area (Å²) in [6.45, 7) is 5.82. The number of nitrogens with one attached hydrogen (secondary N) is 2. The van der Waals surface area contributed by atoms with E-state index in [9.17, 15) is 4.79 Å². The van der Waals surface area contributed by atoms with Gasteiger partial charge in [0.05, 0.1) is 18.0 Å². The lowest BCUT2D eigenvalue weighted by Crippen LogP contribution is -2.39. The van der Waals surface area contributed by atoms with Crippen LogP contribution in [-0.2, 0) is 4.79 Å². The number of nitrogens with zero attached hydrogens (tertiary/aromatic N) is 1. The molecular weight excluding hydrogens is 323 g/mol. The zero-order valence-electron chi connectivity index (χ0n) is 13.2. The van der Waals surface area contributed by atoms with Crippen molar-refractivity contribution in [2.75, 3.05) is 13.6 Å². The van der Waals surface area contributed by atoms with Crippen molar-refractivity contribution in [3.05, 3.63) is 33.8 Å². The Bertz CT molecular complexity index is 573. The molecule has 0 spiro atoms. The van der Waals surface area contributed by atoms with E-state index in [1.165, 1.54) is 0 Å². The molecule has 0 saturated carbocycles. The number of benzene rings is 1. The summed E-state index contributed by atoms with van der Waals surface area (Å²) in [6.07, 6.45) is 0. The molecule has 1 aromatic carbocycles. The lowest BCUT2D eigenvalue weighted by Gasteiger charge is -2.21. The zero-order valence-corrected chi connectivity index (χ0v) is 14.7. The Kier molecular flexibility index (Phi) is 6.50. The van der Waals surface area contributed by atoms with Crippen molar-refractivity contribution in [1.29, 1.82) is 0 Å². The van der Waals surface area contributed by atoms with Gasteiger partial charge in [0.25, 0.3) is 0 Å². The zero-order chi connectivity index (χ0) is 16.9. The Morgan fingerprint density at radius 3 is 2.59 bits per heavy atom. The third-order valence-corrected chi connectivity index (χ3v) is 3.84. The molecule has 122 valence electrons. The quantitative estimate of drug-likeness (QED) is 0.567. The summed E-state index contributed by atoms with van der Waals surface area (Å²) in [6, 6.07) is 5.16. The Labute approximate surface area is 141 Å². The van der Waals surface area contributed by atoms with Crippen molar-refractivity contribution >= 4 is 35.1 Å². The van der Waals surface area contributed by atoms with Crippen molar-refractivity contribution < 1.29 is 4.79 Å². The van der Waals surface area contributed by atoms with E-state index in [1.54, 1.807) is 19.2 Å². The molecule has 1 rings (SSSR count). The molecule has 0 heterocycles. The molecule has 4 N–H and O–H groups in total. The summed E-state index contributed by atoms with van der Waals surface area (Å²) in [7, 11) is 1.60. The van der Waals surface area contributed by atoms with Gasteiger partial charge >= 0.3 is 0 Å². The van der Waals surface area contributed by atoms with Crippen LogP contribution in [0.2, 0.25) is 10.0 Å². The van der Waals surface area contributed by atoms with Crippen LogP contribution in [0.3, 0.4) is 0 Å². The van der Waals surface area contributed by atoms with Crippen LogP contribution in [0, 0.1) is 5.41 Å². The molecule has 0 aliphatic heterocycles. The highest BCUT2D eigenvalue weighted by Gasteiger charge is 2.26. The maximum absolute atomic E-state index is 11.7. The number of carbonyl (C=O) groups is 1. The second-order valence-electron chi connectivity index (χ2n) is 5.70. The van der Waals surface area contributed by atoms with Crippen LogP contribution >= 0.6 is 23.2 Å². The number of rotatable bonds is 5. The van der Waals surface area contributed by atoms with Crippen molar-refractivity contribution in [2.24, 2.45) is 16.1 Å². The summed E-state index contributed by atoms with van der Waals surface area (Å²) in [5, 5.41) is 6.80. The van der Waals surface area contributed by atoms with Crippen LogP contribution in [0.4, 0.5) is 0 Å². The summed E-state index contributed by atoms with van der Waals surface area (Å²) < 4.78 is 0. The number of nitrogens with two attached hydrogens (primary N) is 1. The molecule has 22 heavy (non-hydrogen) atoms. The first-order valence-corrected chi connectivity index (χ1v) is 7.66. The molecule has 0 saturated heterocycles. The number of halogens is 2. The van der Waals surface area contributed by atoms with Crippen LogP contribution in [0.25, 0.3) is 0 Å². The second-order valence-corrected chi connectivity index (χ2v) is 6.54. The maximum atomic E-state index is 11.7. The van der Waals surface area contributed by atoms with Gasteiger partial charge in [-0.25, -0.2) is 0 Å². The number of guanidine groups is 1. The molecule has 0 aliphatic carbocycles. The van der Waals surface area contributed by atoms with Gasteiger partial charge in [0.15, 0.2) is 5.96 Å². The van der Waals surface area contributed by atoms with Crippen molar-refractivity contribution in [3.63, 3.8) is 0 Å². The molecule has 1 aromatic rings. The number of hydrogen-bond acceptors (Lipinski definition) is 2. The Morgan fingerprint density at radius 2 is 2.05 bits per heavy atom. The van der Waals surface area contributed by atoms with Gasteiger partial charge in [-0.3, -0.25) is 9.79 Å². The fourth-order valence-corrected chi connectivity index (χ4v) is 2.46. The van der Waals surface area contributed by atoms with E-state index in [0.29, 0.717) is 10.0 Å². The minimum atomic E-state index is -0.623.